The van der Waals surface area contributed by atoms with Gasteiger partial charge in [-0.25, -0.2) is 9.97 Å². The predicted molar refractivity (Wildman–Crippen MR) is 96.5 cm³/mol. The fourth-order valence-corrected chi connectivity index (χ4v) is 3.27. The first-order valence-corrected chi connectivity index (χ1v) is 8.62. The number of amides is 1. The van der Waals surface area contributed by atoms with E-state index >= 15 is 0 Å². The van der Waals surface area contributed by atoms with Crippen LogP contribution in [0.1, 0.15) is 36.7 Å². The number of aryl methyl sites for hydroxylation is 1. The fraction of sp³-hybridized carbons (Fsp3) is 0.389. The van der Waals surface area contributed by atoms with Crippen molar-refractivity contribution in [2.45, 2.75) is 39.7 Å². The second kappa shape index (κ2) is 7.18. The van der Waals surface area contributed by atoms with E-state index in [2.05, 4.69) is 15.3 Å². The van der Waals surface area contributed by atoms with Crippen LogP contribution in [-0.2, 0) is 17.8 Å². The molecule has 0 aliphatic carbocycles. The fourth-order valence-electron chi connectivity index (χ4n) is 2.92. The zero-order chi connectivity index (χ0) is 17.1. The lowest BCUT2D eigenvalue weighted by Gasteiger charge is -2.16. The molecule has 0 unspecified atom stereocenters. The van der Waals surface area contributed by atoms with Crippen molar-refractivity contribution in [3.05, 3.63) is 46.4 Å². The summed E-state index contributed by atoms with van der Waals surface area (Å²) in [5.41, 5.74) is 3.03. The van der Waals surface area contributed by atoms with Crippen molar-refractivity contribution in [1.29, 1.82) is 0 Å². The summed E-state index contributed by atoms with van der Waals surface area (Å²) in [5, 5.41) is 3.85. The van der Waals surface area contributed by atoms with Gasteiger partial charge in [-0.05, 0) is 37.5 Å². The van der Waals surface area contributed by atoms with E-state index in [0.29, 0.717) is 23.9 Å². The molecule has 1 aromatic heterocycles. The van der Waals surface area contributed by atoms with Crippen LogP contribution in [0.4, 0.5) is 11.5 Å². The number of carbonyl (C=O) groups is 1. The maximum atomic E-state index is 11.8. The van der Waals surface area contributed by atoms with Crippen LogP contribution in [0.25, 0.3) is 0 Å². The predicted octanol–water partition coefficient (Wildman–Crippen LogP) is 3.74. The van der Waals surface area contributed by atoms with Gasteiger partial charge in [0.15, 0.2) is 0 Å². The van der Waals surface area contributed by atoms with Crippen LogP contribution in [0.2, 0.25) is 5.15 Å². The molecule has 0 spiro atoms. The molecule has 0 atom stereocenters. The van der Waals surface area contributed by atoms with E-state index in [1.165, 1.54) is 0 Å². The van der Waals surface area contributed by atoms with Crippen LogP contribution in [0.3, 0.4) is 0 Å². The number of nitrogens with zero attached hydrogens (tertiary/aromatic N) is 3. The van der Waals surface area contributed by atoms with Crippen molar-refractivity contribution in [3.63, 3.8) is 0 Å². The summed E-state index contributed by atoms with van der Waals surface area (Å²) < 4.78 is 0. The molecule has 1 saturated heterocycles. The van der Waals surface area contributed by atoms with E-state index in [9.17, 15) is 4.79 Å². The smallest absolute Gasteiger partial charge is 0.227 e. The van der Waals surface area contributed by atoms with Crippen molar-refractivity contribution in [2.24, 2.45) is 0 Å². The maximum Gasteiger partial charge on any atom is 0.227 e. The molecule has 1 aromatic carbocycles. The molecule has 2 aromatic rings. The molecule has 0 saturated carbocycles. The molecule has 1 aliphatic heterocycles. The Labute approximate surface area is 147 Å². The van der Waals surface area contributed by atoms with Crippen molar-refractivity contribution >= 4 is 29.0 Å². The van der Waals surface area contributed by atoms with Crippen molar-refractivity contribution < 1.29 is 4.79 Å². The molecule has 1 fully saturated rings. The van der Waals surface area contributed by atoms with E-state index in [1.54, 1.807) is 0 Å². The van der Waals surface area contributed by atoms with Gasteiger partial charge in [-0.3, -0.25) is 4.79 Å². The Morgan fingerprint density at radius 2 is 2.00 bits per heavy atom. The highest BCUT2D eigenvalue weighted by atomic mass is 35.5. The number of halogens is 1. The lowest BCUT2D eigenvalue weighted by Crippen LogP contribution is -2.23. The second-order valence-electron chi connectivity index (χ2n) is 5.91. The molecular weight excluding hydrogens is 324 g/mol. The van der Waals surface area contributed by atoms with Crippen LogP contribution < -0.4 is 10.2 Å². The largest absolute Gasteiger partial charge is 0.366 e. The van der Waals surface area contributed by atoms with Gasteiger partial charge < -0.3 is 10.2 Å². The molecule has 126 valence electrons. The Morgan fingerprint density at radius 3 is 2.62 bits per heavy atom. The van der Waals surface area contributed by atoms with Gasteiger partial charge in [0.25, 0.3) is 0 Å². The molecule has 1 N–H and O–H groups in total. The van der Waals surface area contributed by atoms with Gasteiger partial charge in [0.1, 0.15) is 16.8 Å². The molecule has 3 rings (SSSR count). The molecule has 5 nitrogen and oxygen atoms in total. The van der Waals surface area contributed by atoms with Crippen LogP contribution in [0.15, 0.2) is 24.3 Å². The van der Waals surface area contributed by atoms with E-state index in [0.717, 1.165) is 42.0 Å². The highest BCUT2D eigenvalue weighted by Gasteiger charge is 2.21. The summed E-state index contributed by atoms with van der Waals surface area (Å²) in [4.78, 5) is 22.3. The van der Waals surface area contributed by atoms with Crippen molar-refractivity contribution in [3.8, 4) is 0 Å². The van der Waals surface area contributed by atoms with E-state index in [-0.39, 0.29) is 5.91 Å². The lowest BCUT2D eigenvalue weighted by molar-refractivity contribution is -0.117. The van der Waals surface area contributed by atoms with Crippen LogP contribution in [0.5, 0.6) is 0 Å². The minimum atomic E-state index is 0.208. The first-order valence-electron chi connectivity index (χ1n) is 8.24. The highest BCUT2D eigenvalue weighted by molar-refractivity contribution is 6.30. The van der Waals surface area contributed by atoms with E-state index < -0.39 is 0 Å². The molecular formula is C18H21ClN4O. The van der Waals surface area contributed by atoms with Gasteiger partial charge in [0.2, 0.25) is 5.91 Å². The standard InChI is InChI=1S/C18H21ClN4O/c1-3-15-17(19)21-12(2)22-18(15)20-11-13-6-8-14(9-7-13)23-10-4-5-16(23)24/h6-9H,3-5,10-11H2,1-2H3,(H,20,21,22). The molecule has 0 bridgehead atoms. The third kappa shape index (κ3) is 3.51. The van der Waals surface area contributed by atoms with E-state index in [1.807, 2.05) is 43.0 Å². The first kappa shape index (κ1) is 16.7. The average Bonchev–Trinajstić information content (AvgIpc) is 2.99. The van der Waals surface area contributed by atoms with Gasteiger partial charge in [0, 0.05) is 30.8 Å². The Kier molecular flexibility index (Phi) is 5.00. The molecule has 1 aliphatic rings. The second-order valence-corrected chi connectivity index (χ2v) is 6.27. The Balaban J connectivity index is 1.70. The van der Waals surface area contributed by atoms with E-state index in [4.69, 9.17) is 11.6 Å². The number of nitrogens with one attached hydrogen (secondary N) is 1. The number of carbonyl (C=O) groups excluding carboxylic acids is 1. The minimum Gasteiger partial charge on any atom is -0.366 e. The Hall–Kier alpha value is -2.14. The Morgan fingerprint density at radius 1 is 1.25 bits per heavy atom. The SMILES string of the molecule is CCc1c(Cl)nc(C)nc1NCc1ccc(N2CCCC2=O)cc1. The van der Waals surface area contributed by atoms with Crippen LogP contribution >= 0.6 is 11.6 Å². The monoisotopic (exact) mass is 344 g/mol. The van der Waals surface area contributed by atoms with Crippen molar-refractivity contribution in [1.82, 2.24) is 9.97 Å². The maximum absolute atomic E-state index is 11.8. The summed E-state index contributed by atoms with van der Waals surface area (Å²) in [7, 11) is 0. The van der Waals surface area contributed by atoms with Gasteiger partial charge in [0.05, 0.1) is 0 Å². The first-order chi connectivity index (χ1) is 11.6. The topological polar surface area (TPSA) is 58.1 Å². The van der Waals surface area contributed by atoms with Gasteiger partial charge in [-0.1, -0.05) is 30.7 Å². The molecule has 6 heteroatoms. The summed E-state index contributed by atoms with van der Waals surface area (Å²) in [6.07, 6.45) is 2.37. The number of hydrogen-bond donors (Lipinski definition) is 1. The highest BCUT2D eigenvalue weighted by Crippen LogP contribution is 2.24. The third-order valence-corrected chi connectivity index (χ3v) is 4.52. The quantitative estimate of drug-likeness (QED) is 0.839. The van der Waals surface area contributed by atoms with Gasteiger partial charge >= 0.3 is 0 Å². The minimum absolute atomic E-state index is 0.208. The Bertz CT molecular complexity index is 745. The summed E-state index contributed by atoms with van der Waals surface area (Å²) in [5.74, 6) is 1.65. The summed E-state index contributed by atoms with van der Waals surface area (Å²) >= 11 is 6.20. The zero-order valence-electron chi connectivity index (χ0n) is 14.0. The molecule has 24 heavy (non-hydrogen) atoms. The summed E-state index contributed by atoms with van der Waals surface area (Å²) in [6.45, 7) is 5.33. The molecule has 2 heterocycles. The normalized spacial score (nSPS) is 14.3. The number of benzene rings is 1. The number of aromatic nitrogens is 2. The number of rotatable bonds is 5. The zero-order valence-corrected chi connectivity index (χ0v) is 14.7. The molecule has 1 amide bonds. The van der Waals surface area contributed by atoms with Crippen molar-refractivity contribution in [2.75, 3.05) is 16.8 Å². The van der Waals surface area contributed by atoms with Gasteiger partial charge in [-0.15, -0.1) is 0 Å². The number of hydrogen-bond acceptors (Lipinski definition) is 4. The third-order valence-electron chi connectivity index (χ3n) is 4.20. The summed E-state index contributed by atoms with van der Waals surface area (Å²) in [6, 6.07) is 8.07. The van der Waals surface area contributed by atoms with Gasteiger partial charge in [-0.2, -0.15) is 0 Å². The molecule has 0 radical (unpaired) electrons. The van der Waals surface area contributed by atoms with Crippen LogP contribution in [-0.4, -0.2) is 22.4 Å². The number of anilines is 2. The van der Waals surface area contributed by atoms with Crippen LogP contribution in [0, 0.1) is 6.92 Å². The lowest BCUT2D eigenvalue weighted by atomic mass is 10.2. The average molecular weight is 345 g/mol.